The molecule has 0 radical (unpaired) electrons. The number of amides is 4. The molecule has 0 saturated heterocycles. The van der Waals surface area contributed by atoms with Crippen LogP contribution in [-0.2, 0) is 44.8 Å². The summed E-state index contributed by atoms with van der Waals surface area (Å²) >= 11 is 0. The van der Waals surface area contributed by atoms with Crippen LogP contribution in [0.4, 0.5) is 0 Å². The predicted octanol–water partition coefficient (Wildman–Crippen LogP) is -0.382. The lowest BCUT2D eigenvalue weighted by Crippen LogP contribution is -2.59. The van der Waals surface area contributed by atoms with Crippen LogP contribution in [0.2, 0.25) is 0 Å². The highest BCUT2D eigenvalue weighted by Gasteiger charge is 2.33. The lowest BCUT2D eigenvalue weighted by atomic mass is 9.98. The van der Waals surface area contributed by atoms with Crippen LogP contribution in [0.15, 0.2) is 30.3 Å². The fourth-order valence-corrected chi connectivity index (χ4v) is 3.99. The van der Waals surface area contributed by atoms with Crippen molar-refractivity contribution in [1.82, 2.24) is 21.3 Å². The van der Waals surface area contributed by atoms with Crippen molar-refractivity contribution < 1.29 is 53.7 Å². The number of carbonyl (C=O) groups excluding carboxylic acids is 5. The van der Waals surface area contributed by atoms with Gasteiger partial charge in [0.05, 0.1) is 18.9 Å². The van der Waals surface area contributed by atoms with Gasteiger partial charge in [-0.2, -0.15) is 0 Å². The molecule has 236 valence electrons. The summed E-state index contributed by atoms with van der Waals surface area (Å²) in [5, 5.41) is 36.6. The van der Waals surface area contributed by atoms with Gasteiger partial charge in [0.2, 0.25) is 23.6 Å². The van der Waals surface area contributed by atoms with E-state index in [-0.39, 0.29) is 6.42 Å². The normalized spacial score (nSPS) is 13.5. The van der Waals surface area contributed by atoms with Crippen LogP contribution in [-0.4, -0.2) is 86.8 Å². The Morgan fingerprint density at radius 1 is 0.651 bits per heavy atom. The van der Waals surface area contributed by atoms with Crippen molar-refractivity contribution in [3.8, 4) is 0 Å². The second-order valence-corrected chi connectivity index (χ2v) is 10.2. The molecule has 4 atom stereocenters. The molecule has 0 aliphatic rings. The number of hydrogen-bond acceptors (Lipinski definition) is 8. The zero-order valence-corrected chi connectivity index (χ0v) is 24.1. The number of nitrogens with one attached hydrogen (secondary N) is 4. The summed E-state index contributed by atoms with van der Waals surface area (Å²) in [5.41, 5.74) is 0.835. The van der Waals surface area contributed by atoms with E-state index in [0.717, 1.165) is 12.5 Å². The Morgan fingerprint density at radius 3 is 1.70 bits per heavy atom. The Bertz CT molecular complexity index is 1170. The standard InChI is InChI=1S/C28H38N4O11/c1-15(2)25(28(43)31-19(13-23(37)38)21(34)11-9-17-7-5-4-6-8-17)32-26(41)18(10-12-22(35)36)30-27(42)20(14-24(39)40)29-16(3)33/h4-8,15,18-20,25H,9-14H2,1-3H3,(H,29,33)(H,30,42)(H,31,43)(H,32,41)(H,35,36)(H,37,38)(H,39,40)/t18-,19-,20-,25-/m0/s1. The van der Waals surface area contributed by atoms with Gasteiger partial charge in [-0.25, -0.2) is 0 Å². The number of rotatable bonds is 19. The third-order valence-electron chi connectivity index (χ3n) is 6.19. The Balaban J connectivity index is 3.09. The molecule has 0 heterocycles. The second kappa shape index (κ2) is 17.9. The topological polar surface area (TPSA) is 245 Å². The molecule has 15 nitrogen and oxygen atoms in total. The first-order valence-electron chi connectivity index (χ1n) is 13.5. The molecular weight excluding hydrogens is 568 g/mol. The fraction of sp³-hybridized carbons (Fsp3) is 0.500. The molecule has 0 bridgehead atoms. The Labute approximate surface area is 247 Å². The molecular formula is C28H38N4O11. The van der Waals surface area contributed by atoms with Crippen molar-refractivity contribution in [2.75, 3.05) is 0 Å². The van der Waals surface area contributed by atoms with Crippen molar-refractivity contribution >= 4 is 47.3 Å². The van der Waals surface area contributed by atoms with E-state index >= 15 is 0 Å². The summed E-state index contributed by atoms with van der Waals surface area (Å²) in [7, 11) is 0. The SMILES string of the molecule is CC(=O)N[C@@H](CC(=O)O)C(=O)N[C@@H](CCC(=O)O)C(=O)N[C@H](C(=O)N[C@@H](CC(=O)O)C(=O)CCc1ccccc1)C(C)C. The summed E-state index contributed by atoms with van der Waals surface area (Å²) in [5.74, 6) is -8.89. The van der Waals surface area contributed by atoms with Gasteiger partial charge in [0, 0.05) is 19.8 Å². The van der Waals surface area contributed by atoms with Gasteiger partial charge >= 0.3 is 17.9 Å². The summed E-state index contributed by atoms with van der Waals surface area (Å²) in [4.78, 5) is 97.1. The van der Waals surface area contributed by atoms with Crippen LogP contribution in [0.25, 0.3) is 0 Å². The third kappa shape index (κ3) is 14.1. The van der Waals surface area contributed by atoms with E-state index in [1.165, 1.54) is 0 Å². The average Bonchev–Trinajstić information content (AvgIpc) is 2.91. The summed E-state index contributed by atoms with van der Waals surface area (Å²) < 4.78 is 0. The average molecular weight is 607 g/mol. The predicted molar refractivity (Wildman–Crippen MR) is 149 cm³/mol. The van der Waals surface area contributed by atoms with Crippen molar-refractivity contribution in [3.05, 3.63) is 35.9 Å². The maximum atomic E-state index is 13.2. The number of aliphatic carboxylic acids is 3. The highest BCUT2D eigenvalue weighted by atomic mass is 16.4. The van der Waals surface area contributed by atoms with E-state index in [4.69, 9.17) is 10.2 Å². The number of aryl methyl sites for hydroxylation is 1. The van der Waals surface area contributed by atoms with Crippen molar-refractivity contribution in [2.45, 2.75) is 83.5 Å². The third-order valence-corrected chi connectivity index (χ3v) is 6.19. The fourth-order valence-electron chi connectivity index (χ4n) is 3.99. The van der Waals surface area contributed by atoms with E-state index in [1.54, 1.807) is 44.2 Å². The van der Waals surface area contributed by atoms with Crippen molar-refractivity contribution in [2.24, 2.45) is 5.92 Å². The molecule has 1 aromatic rings. The molecule has 0 aliphatic carbocycles. The smallest absolute Gasteiger partial charge is 0.305 e. The van der Waals surface area contributed by atoms with Crippen LogP contribution in [0.3, 0.4) is 0 Å². The number of ketones is 1. The lowest BCUT2D eigenvalue weighted by molar-refractivity contribution is -0.142. The highest BCUT2D eigenvalue weighted by molar-refractivity contribution is 5.97. The molecule has 7 N–H and O–H groups in total. The molecule has 1 aromatic carbocycles. The largest absolute Gasteiger partial charge is 0.481 e. The maximum absolute atomic E-state index is 13.2. The summed E-state index contributed by atoms with van der Waals surface area (Å²) in [6, 6.07) is 3.10. The summed E-state index contributed by atoms with van der Waals surface area (Å²) in [6.45, 7) is 4.16. The van der Waals surface area contributed by atoms with E-state index in [0.29, 0.717) is 6.42 Å². The molecule has 0 aliphatic heterocycles. The van der Waals surface area contributed by atoms with Gasteiger partial charge in [-0.15, -0.1) is 0 Å². The van der Waals surface area contributed by atoms with Crippen molar-refractivity contribution in [1.29, 1.82) is 0 Å². The first kappa shape index (κ1) is 36.2. The first-order valence-corrected chi connectivity index (χ1v) is 13.5. The number of carbonyl (C=O) groups is 8. The van der Waals surface area contributed by atoms with Gasteiger partial charge < -0.3 is 36.6 Å². The quantitative estimate of drug-likeness (QED) is 0.107. The van der Waals surface area contributed by atoms with E-state index in [2.05, 4.69) is 21.3 Å². The van der Waals surface area contributed by atoms with Crippen LogP contribution < -0.4 is 21.3 Å². The molecule has 0 fully saturated rings. The minimum Gasteiger partial charge on any atom is -0.481 e. The Kier molecular flexibility index (Phi) is 15.1. The monoisotopic (exact) mass is 606 g/mol. The number of carboxylic acid groups (broad SMARTS) is 3. The van der Waals surface area contributed by atoms with Gasteiger partial charge in [0.15, 0.2) is 5.78 Å². The van der Waals surface area contributed by atoms with Crippen LogP contribution in [0, 0.1) is 5.92 Å². The van der Waals surface area contributed by atoms with Crippen LogP contribution >= 0.6 is 0 Å². The molecule has 0 unspecified atom stereocenters. The molecule has 4 amide bonds. The Morgan fingerprint density at radius 2 is 1.19 bits per heavy atom. The van der Waals surface area contributed by atoms with Gasteiger partial charge in [0.25, 0.3) is 0 Å². The maximum Gasteiger partial charge on any atom is 0.305 e. The first-order chi connectivity index (χ1) is 20.1. The number of Topliss-reactive ketones (excluding diaryl/α,β-unsaturated/α-hetero) is 1. The Hall–Kier alpha value is -4.82. The number of carboxylic acids is 3. The highest BCUT2D eigenvalue weighted by Crippen LogP contribution is 2.10. The molecule has 15 heteroatoms. The van der Waals surface area contributed by atoms with E-state index < -0.39 is 103 Å². The molecule has 1 rings (SSSR count). The zero-order valence-electron chi connectivity index (χ0n) is 24.1. The number of benzene rings is 1. The zero-order chi connectivity index (χ0) is 32.7. The minimum absolute atomic E-state index is 0.0595. The minimum atomic E-state index is -1.57. The van der Waals surface area contributed by atoms with Gasteiger partial charge in [0.1, 0.15) is 18.1 Å². The molecule has 0 spiro atoms. The van der Waals surface area contributed by atoms with Gasteiger partial charge in [-0.3, -0.25) is 38.4 Å². The van der Waals surface area contributed by atoms with Crippen molar-refractivity contribution in [3.63, 3.8) is 0 Å². The second-order valence-electron chi connectivity index (χ2n) is 10.2. The van der Waals surface area contributed by atoms with Gasteiger partial charge in [-0.1, -0.05) is 44.2 Å². The molecule has 0 aromatic heterocycles. The van der Waals surface area contributed by atoms with E-state index in [1.807, 2.05) is 0 Å². The van der Waals surface area contributed by atoms with Crippen LogP contribution in [0.5, 0.6) is 0 Å². The molecule has 0 saturated carbocycles. The van der Waals surface area contributed by atoms with E-state index in [9.17, 15) is 43.5 Å². The number of hydrogen-bond donors (Lipinski definition) is 7. The summed E-state index contributed by atoms with van der Waals surface area (Å²) in [6.07, 6.45) is -2.31. The van der Waals surface area contributed by atoms with Crippen LogP contribution in [0.1, 0.15) is 58.4 Å². The molecule has 43 heavy (non-hydrogen) atoms. The lowest BCUT2D eigenvalue weighted by Gasteiger charge is -2.27. The van der Waals surface area contributed by atoms with Gasteiger partial charge in [-0.05, 0) is 24.3 Å².